The van der Waals surface area contributed by atoms with Gasteiger partial charge in [0.15, 0.2) is 0 Å². The van der Waals surface area contributed by atoms with E-state index in [2.05, 4.69) is 13.8 Å². The number of rotatable bonds is 11. The summed E-state index contributed by atoms with van der Waals surface area (Å²) in [6, 6.07) is 11.4. The van der Waals surface area contributed by atoms with Crippen molar-refractivity contribution in [1.82, 2.24) is 0 Å². The van der Waals surface area contributed by atoms with Gasteiger partial charge in [0.05, 0.1) is 23.3 Å². The van der Waals surface area contributed by atoms with Gasteiger partial charge in [0.1, 0.15) is 24.2 Å². The van der Waals surface area contributed by atoms with Crippen LogP contribution in [0.25, 0.3) is 0 Å². The van der Waals surface area contributed by atoms with Crippen molar-refractivity contribution in [3.63, 3.8) is 0 Å². The Balaban J connectivity index is 2.16. The van der Waals surface area contributed by atoms with Crippen molar-refractivity contribution in [3.05, 3.63) is 57.6 Å². The quantitative estimate of drug-likeness (QED) is 0.344. The largest absolute Gasteiger partial charge is 0.492 e. The number of alkyl halides is 1. The van der Waals surface area contributed by atoms with Gasteiger partial charge in [-0.2, -0.15) is 0 Å². The minimum Gasteiger partial charge on any atom is -0.492 e. The Morgan fingerprint density at radius 3 is 1.97 bits per heavy atom. The van der Waals surface area contributed by atoms with Gasteiger partial charge in [-0.05, 0) is 41.8 Å². The molecule has 0 aromatic heterocycles. The number of hydrogen-bond donors (Lipinski definition) is 1. The summed E-state index contributed by atoms with van der Waals surface area (Å²) in [5, 5.41) is 10.8. The molecule has 0 amide bonds. The van der Waals surface area contributed by atoms with Crippen LogP contribution in [0, 0.1) is 0 Å². The highest BCUT2D eigenvalue weighted by molar-refractivity contribution is 6.32. The number of benzene rings is 2. The number of hydrogen-bond acceptors (Lipinski definition) is 4. The van der Waals surface area contributed by atoms with Gasteiger partial charge in [0.2, 0.25) is 0 Å². The zero-order valence-corrected chi connectivity index (χ0v) is 19.2. The highest BCUT2D eigenvalue weighted by Crippen LogP contribution is 2.38. The van der Waals surface area contributed by atoms with Crippen LogP contribution in [0.4, 0.5) is 0 Å². The van der Waals surface area contributed by atoms with E-state index in [1.54, 1.807) is 0 Å². The summed E-state index contributed by atoms with van der Waals surface area (Å²) >= 11 is 18.5. The average Bonchev–Trinajstić information content (AvgIpc) is 2.68. The molecule has 160 valence electrons. The van der Waals surface area contributed by atoms with Crippen molar-refractivity contribution >= 4 is 34.8 Å². The molecule has 0 aliphatic heterocycles. The first-order valence-corrected chi connectivity index (χ1v) is 10.7. The first-order valence-electron chi connectivity index (χ1n) is 9.38. The Labute approximate surface area is 187 Å². The van der Waals surface area contributed by atoms with E-state index in [0.717, 1.165) is 17.5 Å². The van der Waals surface area contributed by atoms with Crippen molar-refractivity contribution in [2.75, 3.05) is 32.8 Å². The highest BCUT2D eigenvalue weighted by atomic mass is 35.5. The SMILES string of the molecule is COCC(O)COc1ccc(C(C)(C)c2ccc(OCCCCl)c(Cl)c2)cc1Cl. The predicted molar refractivity (Wildman–Crippen MR) is 119 cm³/mol. The van der Waals surface area contributed by atoms with E-state index in [1.807, 2.05) is 36.4 Å². The molecular weight excluding hydrogens is 435 g/mol. The Morgan fingerprint density at radius 2 is 1.48 bits per heavy atom. The maximum absolute atomic E-state index is 9.73. The van der Waals surface area contributed by atoms with Crippen LogP contribution < -0.4 is 9.47 Å². The molecule has 2 aromatic rings. The lowest BCUT2D eigenvalue weighted by molar-refractivity contribution is 0.0326. The van der Waals surface area contributed by atoms with Crippen LogP contribution in [0.3, 0.4) is 0 Å². The molecule has 7 heteroatoms. The van der Waals surface area contributed by atoms with Crippen LogP contribution in [0.15, 0.2) is 36.4 Å². The smallest absolute Gasteiger partial charge is 0.138 e. The third-order valence-electron chi connectivity index (χ3n) is 4.63. The number of aliphatic hydroxyl groups is 1. The lowest BCUT2D eigenvalue weighted by Crippen LogP contribution is -2.23. The molecule has 0 saturated heterocycles. The van der Waals surface area contributed by atoms with Crippen LogP contribution in [-0.4, -0.2) is 44.0 Å². The fourth-order valence-electron chi connectivity index (χ4n) is 2.84. The van der Waals surface area contributed by atoms with Crippen molar-refractivity contribution in [2.45, 2.75) is 31.8 Å². The van der Waals surface area contributed by atoms with E-state index in [0.29, 0.717) is 34.0 Å². The van der Waals surface area contributed by atoms with E-state index >= 15 is 0 Å². The molecule has 0 bridgehead atoms. The molecule has 2 aromatic carbocycles. The van der Waals surface area contributed by atoms with Crippen LogP contribution in [-0.2, 0) is 10.2 Å². The van der Waals surface area contributed by atoms with Gasteiger partial charge in [-0.3, -0.25) is 0 Å². The number of aliphatic hydroxyl groups excluding tert-OH is 1. The first-order chi connectivity index (χ1) is 13.8. The van der Waals surface area contributed by atoms with Crippen LogP contribution in [0.1, 0.15) is 31.4 Å². The van der Waals surface area contributed by atoms with Gasteiger partial charge < -0.3 is 19.3 Å². The van der Waals surface area contributed by atoms with Crippen molar-refractivity contribution < 1.29 is 19.3 Å². The molecule has 0 aliphatic rings. The van der Waals surface area contributed by atoms with Gasteiger partial charge in [-0.15, -0.1) is 11.6 Å². The second kappa shape index (κ2) is 11.3. The molecule has 29 heavy (non-hydrogen) atoms. The Bertz CT molecular complexity index is 796. The molecule has 1 unspecified atom stereocenters. The summed E-state index contributed by atoms with van der Waals surface area (Å²) < 4.78 is 16.2. The molecule has 0 saturated carbocycles. The molecular formula is C22H27Cl3O4. The maximum Gasteiger partial charge on any atom is 0.138 e. The van der Waals surface area contributed by atoms with Gasteiger partial charge >= 0.3 is 0 Å². The zero-order chi connectivity index (χ0) is 21.4. The van der Waals surface area contributed by atoms with E-state index in [4.69, 9.17) is 49.0 Å². The predicted octanol–water partition coefficient (Wildman–Crippen LogP) is 5.71. The zero-order valence-electron chi connectivity index (χ0n) is 16.9. The Morgan fingerprint density at radius 1 is 0.931 bits per heavy atom. The maximum atomic E-state index is 9.73. The summed E-state index contributed by atoms with van der Waals surface area (Å²) in [4.78, 5) is 0. The van der Waals surface area contributed by atoms with E-state index < -0.39 is 6.10 Å². The third kappa shape index (κ3) is 6.66. The van der Waals surface area contributed by atoms with Crippen LogP contribution >= 0.6 is 34.8 Å². The standard InChI is InChI=1S/C22H27Cl3O4/c1-22(2,15-5-7-20(18(24)11-15)28-10-4-9-23)16-6-8-21(19(25)12-16)29-14-17(26)13-27-3/h5-8,11-12,17,26H,4,9-10,13-14H2,1-3H3. The lowest BCUT2D eigenvalue weighted by atomic mass is 9.78. The second-order valence-corrected chi connectivity index (χ2v) is 8.42. The van der Waals surface area contributed by atoms with Gasteiger partial charge in [-0.1, -0.05) is 49.2 Å². The molecule has 4 nitrogen and oxygen atoms in total. The molecule has 1 N–H and O–H groups in total. The van der Waals surface area contributed by atoms with Crippen molar-refractivity contribution in [3.8, 4) is 11.5 Å². The number of halogens is 3. The molecule has 1 atom stereocenters. The van der Waals surface area contributed by atoms with Crippen molar-refractivity contribution in [2.24, 2.45) is 0 Å². The highest BCUT2D eigenvalue weighted by Gasteiger charge is 2.25. The Kier molecular flexibility index (Phi) is 9.38. The first kappa shape index (κ1) is 24.1. The van der Waals surface area contributed by atoms with Crippen molar-refractivity contribution in [1.29, 1.82) is 0 Å². The number of ether oxygens (including phenoxy) is 3. The summed E-state index contributed by atoms with van der Waals surface area (Å²) in [6.07, 6.45) is 0.0556. The normalized spacial score (nSPS) is 12.7. The van der Waals surface area contributed by atoms with Crippen LogP contribution in [0.5, 0.6) is 11.5 Å². The summed E-state index contributed by atoms with van der Waals surface area (Å²) in [5.74, 6) is 1.71. The minimum absolute atomic E-state index is 0.108. The summed E-state index contributed by atoms with van der Waals surface area (Å²) in [7, 11) is 1.53. The molecule has 0 aliphatic carbocycles. The van der Waals surface area contributed by atoms with E-state index in [-0.39, 0.29) is 18.6 Å². The molecule has 0 radical (unpaired) electrons. The number of methoxy groups -OCH3 is 1. The summed E-state index contributed by atoms with van der Waals surface area (Å²) in [5.41, 5.74) is 1.71. The third-order valence-corrected chi connectivity index (χ3v) is 5.49. The second-order valence-electron chi connectivity index (χ2n) is 7.23. The molecule has 0 fully saturated rings. The average molecular weight is 462 g/mol. The minimum atomic E-state index is -0.709. The van der Waals surface area contributed by atoms with Gasteiger partial charge in [0, 0.05) is 18.4 Å². The fourth-order valence-corrected chi connectivity index (χ4v) is 3.42. The van der Waals surface area contributed by atoms with Crippen LogP contribution in [0.2, 0.25) is 10.0 Å². The van der Waals surface area contributed by atoms with Gasteiger partial charge in [-0.25, -0.2) is 0 Å². The lowest BCUT2D eigenvalue weighted by Gasteiger charge is -2.27. The summed E-state index contributed by atoms with van der Waals surface area (Å²) in [6.45, 7) is 5.04. The van der Waals surface area contributed by atoms with E-state index in [1.165, 1.54) is 7.11 Å². The van der Waals surface area contributed by atoms with E-state index in [9.17, 15) is 5.11 Å². The topological polar surface area (TPSA) is 47.9 Å². The monoisotopic (exact) mass is 460 g/mol. The van der Waals surface area contributed by atoms with Gasteiger partial charge in [0.25, 0.3) is 0 Å². The fraction of sp³-hybridized carbons (Fsp3) is 0.455. The molecule has 0 spiro atoms. The molecule has 0 heterocycles. The Hall–Kier alpha value is -1.17. The molecule has 2 rings (SSSR count).